The van der Waals surface area contributed by atoms with E-state index in [1.54, 1.807) is 17.4 Å². The number of carbonyl (C=O) groups is 1. The molecule has 25 heavy (non-hydrogen) atoms. The summed E-state index contributed by atoms with van der Waals surface area (Å²) in [5, 5.41) is 15.9. The summed E-state index contributed by atoms with van der Waals surface area (Å²) in [6.07, 6.45) is 0. The SMILES string of the molecule is NC(=O)c1nnc(Nc2ccsc2)c2cc(-c3cccc(F)c3)sc12. The number of carbonyl (C=O) groups excluding carboxylic acids is 1. The van der Waals surface area contributed by atoms with Crippen molar-refractivity contribution in [2.24, 2.45) is 5.73 Å². The lowest BCUT2D eigenvalue weighted by molar-refractivity contribution is 0.0996. The van der Waals surface area contributed by atoms with E-state index in [1.807, 2.05) is 29.0 Å². The van der Waals surface area contributed by atoms with Crippen molar-refractivity contribution in [3.63, 3.8) is 0 Å². The lowest BCUT2D eigenvalue weighted by Gasteiger charge is -2.05. The number of thiophene rings is 2. The molecule has 0 radical (unpaired) electrons. The summed E-state index contributed by atoms with van der Waals surface area (Å²) in [4.78, 5) is 12.5. The van der Waals surface area contributed by atoms with Crippen LogP contribution >= 0.6 is 22.7 Å². The molecule has 4 aromatic rings. The highest BCUT2D eigenvalue weighted by Gasteiger charge is 2.18. The van der Waals surface area contributed by atoms with Crippen LogP contribution in [0.3, 0.4) is 0 Å². The minimum atomic E-state index is -0.646. The lowest BCUT2D eigenvalue weighted by atomic mass is 10.1. The average Bonchev–Trinajstić information content (AvgIpc) is 3.24. The van der Waals surface area contributed by atoms with Crippen molar-refractivity contribution < 1.29 is 9.18 Å². The third kappa shape index (κ3) is 2.97. The summed E-state index contributed by atoms with van der Waals surface area (Å²) in [6.45, 7) is 0. The highest BCUT2D eigenvalue weighted by atomic mass is 32.1. The maximum Gasteiger partial charge on any atom is 0.270 e. The number of aromatic nitrogens is 2. The molecule has 0 saturated heterocycles. The van der Waals surface area contributed by atoms with E-state index in [0.717, 1.165) is 21.5 Å². The van der Waals surface area contributed by atoms with Crippen molar-refractivity contribution in [3.8, 4) is 10.4 Å². The number of hydrogen-bond donors (Lipinski definition) is 2. The molecule has 4 rings (SSSR count). The lowest BCUT2D eigenvalue weighted by Crippen LogP contribution is -2.14. The topological polar surface area (TPSA) is 80.9 Å². The van der Waals surface area contributed by atoms with Crippen LogP contribution in [0.25, 0.3) is 20.5 Å². The molecule has 0 aliphatic heterocycles. The van der Waals surface area contributed by atoms with Gasteiger partial charge in [0.2, 0.25) is 0 Å². The first-order valence-corrected chi connectivity index (χ1v) is 9.03. The fourth-order valence-corrected chi connectivity index (χ4v) is 4.18. The molecule has 0 saturated carbocycles. The Labute approximate surface area is 149 Å². The minimum absolute atomic E-state index is 0.110. The number of rotatable bonds is 4. The summed E-state index contributed by atoms with van der Waals surface area (Å²) in [7, 11) is 0. The van der Waals surface area contributed by atoms with Gasteiger partial charge in [-0.2, -0.15) is 11.3 Å². The van der Waals surface area contributed by atoms with Crippen LogP contribution in [0.1, 0.15) is 10.5 Å². The van der Waals surface area contributed by atoms with Crippen molar-refractivity contribution in [2.75, 3.05) is 5.32 Å². The van der Waals surface area contributed by atoms with Gasteiger partial charge in [0, 0.05) is 15.6 Å². The maximum atomic E-state index is 13.5. The Balaban J connectivity index is 1.90. The first-order chi connectivity index (χ1) is 12.1. The molecule has 0 aliphatic rings. The average molecular weight is 370 g/mol. The molecule has 1 amide bonds. The maximum absolute atomic E-state index is 13.5. The number of nitrogens with two attached hydrogens (primary N) is 1. The minimum Gasteiger partial charge on any atom is -0.364 e. The van der Waals surface area contributed by atoms with Crippen molar-refractivity contribution >= 4 is 50.2 Å². The number of anilines is 2. The van der Waals surface area contributed by atoms with Crippen LogP contribution in [-0.4, -0.2) is 16.1 Å². The predicted molar refractivity (Wildman–Crippen MR) is 98.9 cm³/mol. The highest BCUT2D eigenvalue weighted by Crippen LogP contribution is 2.38. The highest BCUT2D eigenvalue weighted by molar-refractivity contribution is 7.22. The second kappa shape index (κ2) is 6.23. The smallest absolute Gasteiger partial charge is 0.270 e. The molecule has 0 unspecified atom stereocenters. The number of fused-ring (bicyclic) bond motifs is 1. The molecule has 0 fully saturated rings. The fraction of sp³-hybridized carbons (Fsp3) is 0. The first kappa shape index (κ1) is 15.7. The van der Waals surface area contributed by atoms with Gasteiger partial charge in [0.1, 0.15) is 5.82 Å². The van der Waals surface area contributed by atoms with E-state index in [2.05, 4.69) is 15.5 Å². The Morgan fingerprint density at radius 2 is 2.08 bits per heavy atom. The Morgan fingerprint density at radius 3 is 2.80 bits per heavy atom. The predicted octanol–water partition coefficient (Wildman–Crippen LogP) is 4.40. The number of nitrogens with zero attached hydrogens (tertiary/aromatic N) is 2. The molecule has 124 valence electrons. The van der Waals surface area contributed by atoms with Gasteiger partial charge in [0.25, 0.3) is 5.91 Å². The quantitative estimate of drug-likeness (QED) is 0.558. The van der Waals surface area contributed by atoms with Gasteiger partial charge in [-0.3, -0.25) is 4.79 Å². The van der Waals surface area contributed by atoms with Crippen LogP contribution in [0.15, 0.2) is 47.2 Å². The molecule has 3 N–H and O–H groups in total. The van der Waals surface area contributed by atoms with Gasteiger partial charge in [0.05, 0.1) is 10.4 Å². The van der Waals surface area contributed by atoms with E-state index >= 15 is 0 Å². The van der Waals surface area contributed by atoms with Gasteiger partial charge in [0.15, 0.2) is 11.5 Å². The molecule has 0 atom stereocenters. The number of nitrogens with one attached hydrogen (secondary N) is 1. The summed E-state index contributed by atoms with van der Waals surface area (Å²) < 4.78 is 14.2. The Bertz CT molecular complexity index is 1080. The molecular weight excluding hydrogens is 359 g/mol. The van der Waals surface area contributed by atoms with E-state index in [-0.39, 0.29) is 11.5 Å². The molecule has 0 bridgehead atoms. The summed E-state index contributed by atoms with van der Waals surface area (Å²) in [5.41, 5.74) is 7.14. The summed E-state index contributed by atoms with van der Waals surface area (Å²) >= 11 is 2.89. The molecule has 3 aromatic heterocycles. The summed E-state index contributed by atoms with van der Waals surface area (Å²) in [5.74, 6) is -0.442. The molecule has 8 heteroatoms. The third-order valence-corrected chi connectivity index (χ3v) is 5.45. The van der Waals surface area contributed by atoms with E-state index in [1.165, 1.54) is 23.5 Å². The Kier molecular flexibility index (Phi) is 3.90. The Hall–Kier alpha value is -2.84. The normalized spacial score (nSPS) is 10.9. The third-order valence-electron chi connectivity index (χ3n) is 3.58. The van der Waals surface area contributed by atoms with Crippen molar-refractivity contribution in [1.29, 1.82) is 0 Å². The monoisotopic (exact) mass is 370 g/mol. The van der Waals surface area contributed by atoms with Crippen LogP contribution in [0.4, 0.5) is 15.9 Å². The van der Waals surface area contributed by atoms with Crippen LogP contribution < -0.4 is 11.1 Å². The van der Waals surface area contributed by atoms with Crippen molar-refractivity contribution in [2.45, 2.75) is 0 Å². The first-order valence-electron chi connectivity index (χ1n) is 7.27. The Morgan fingerprint density at radius 1 is 1.20 bits per heavy atom. The second-order valence-electron chi connectivity index (χ2n) is 5.26. The van der Waals surface area contributed by atoms with Gasteiger partial charge < -0.3 is 11.1 Å². The number of halogens is 1. The van der Waals surface area contributed by atoms with E-state index < -0.39 is 5.91 Å². The zero-order chi connectivity index (χ0) is 17.4. The van der Waals surface area contributed by atoms with Crippen LogP contribution in [0.5, 0.6) is 0 Å². The van der Waals surface area contributed by atoms with Crippen LogP contribution in [0, 0.1) is 5.82 Å². The number of amides is 1. The van der Waals surface area contributed by atoms with Crippen LogP contribution in [-0.2, 0) is 0 Å². The molecular formula is C17H11FN4OS2. The van der Waals surface area contributed by atoms with E-state index in [4.69, 9.17) is 5.73 Å². The number of hydrogen-bond acceptors (Lipinski definition) is 6. The van der Waals surface area contributed by atoms with Gasteiger partial charge >= 0.3 is 0 Å². The van der Waals surface area contributed by atoms with Gasteiger partial charge in [-0.15, -0.1) is 21.5 Å². The molecule has 5 nitrogen and oxygen atoms in total. The standard InChI is InChI=1S/C17H11FN4OS2/c18-10-3-1-2-9(6-10)13-7-12-15(25-13)14(16(19)23)21-22-17(12)20-11-4-5-24-8-11/h1-8H,(H2,19,23)(H,20,22). The van der Waals surface area contributed by atoms with Crippen molar-refractivity contribution in [1.82, 2.24) is 10.2 Å². The number of primary amides is 1. The summed E-state index contributed by atoms with van der Waals surface area (Å²) in [6, 6.07) is 10.1. The van der Waals surface area contributed by atoms with Crippen LogP contribution in [0.2, 0.25) is 0 Å². The number of benzene rings is 1. The van der Waals surface area contributed by atoms with Crippen molar-refractivity contribution in [3.05, 3.63) is 58.7 Å². The molecule has 0 spiro atoms. The second-order valence-corrected chi connectivity index (χ2v) is 7.09. The zero-order valence-electron chi connectivity index (χ0n) is 12.7. The van der Waals surface area contributed by atoms with E-state index in [0.29, 0.717) is 10.5 Å². The molecule has 1 aromatic carbocycles. The largest absolute Gasteiger partial charge is 0.364 e. The fourth-order valence-electron chi connectivity index (χ4n) is 2.45. The van der Waals surface area contributed by atoms with Gasteiger partial charge in [-0.25, -0.2) is 4.39 Å². The van der Waals surface area contributed by atoms with Gasteiger partial charge in [-0.05, 0) is 35.2 Å². The molecule has 0 aliphatic carbocycles. The van der Waals surface area contributed by atoms with Gasteiger partial charge in [-0.1, -0.05) is 12.1 Å². The molecule has 3 heterocycles. The zero-order valence-corrected chi connectivity index (χ0v) is 14.3. The van der Waals surface area contributed by atoms with E-state index in [9.17, 15) is 9.18 Å².